The lowest BCUT2D eigenvalue weighted by Gasteiger charge is -2.08. The van der Waals surface area contributed by atoms with Crippen molar-refractivity contribution in [1.29, 1.82) is 0 Å². The van der Waals surface area contributed by atoms with Gasteiger partial charge in [-0.05, 0) is 48.5 Å². The molecule has 0 saturated carbocycles. The molecule has 23 heavy (non-hydrogen) atoms. The second-order valence-electron chi connectivity index (χ2n) is 5.12. The number of phenols is 1. The molecule has 3 heterocycles. The van der Waals surface area contributed by atoms with Crippen LogP contribution in [-0.2, 0) is 0 Å². The molecule has 0 radical (unpaired) electrons. The Morgan fingerprint density at radius 3 is 2.52 bits per heavy atom. The van der Waals surface area contributed by atoms with Crippen LogP contribution in [-0.4, -0.2) is 19.5 Å². The highest BCUT2D eigenvalue weighted by Crippen LogP contribution is 2.31. The Labute approximate surface area is 132 Å². The molecule has 0 atom stereocenters. The lowest BCUT2D eigenvalue weighted by Crippen LogP contribution is -1.98. The molecule has 0 fully saturated rings. The number of hydrogen-bond acceptors (Lipinski definition) is 4. The quantitative estimate of drug-likeness (QED) is 0.603. The van der Waals surface area contributed by atoms with Crippen molar-refractivity contribution in [2.24, 2.45) is 0 Å². The Hall–Kier alpha value is -3.34. The van der Waals surface area contributed by atoms with Crippen molar-refractivity contribution in [3.8, 4) is 17.0 Å². The van der Waals surface area contributed by atoms with Gasteiger partial charge in [0.1, 0.15) is 28.7 Å². The lowest BCUT2D eigenvalue weighted by molar-refractivity contribution is 0.475. The fourth-order valence-electron chi connectivity index (χ4n) is 2.49. The smallest absolute Gasteiger partial charge is 0.144 e. The van der Waals surface area contributed by atoms with Crippen molar-refractivity contribution < 1.29 is 5.11 Å². The molecule has 0 bridgehead atoms. The Bertz CT molecular complexity index is 946. The summed E-state index contributed by atoms with van der Waals surface area (Å²) < 4.78 is 1.98. The van der Waals surface area contributed by atoms with Gasteiger partial charge >= 0.3 is 0 Å². The number of nitrogens with one attached hydrogen (secondary N) is 1. The highest BCUT2D eigenvalue weighted by molar-refractivity contribution is 5.79. The largest absolute Gasteiger partial charge is 0.508 e. The summed E-state index contributed by atoms with van der Waals surface area (Å²) in [5, 5.41) is 12.8. The number of aromatic hydroxyl groups is 1. The van der Waals surface area contributed by atoms with Gasteiger partial charge in [0.15, 0.2) is 0 Å². The van der Waals surface area contributed by atoms with E-state index in [0.717, 1.165) is 28.5 Å². The van der Waals surface area contributed by atoms with Gasteiger partial charge in [-0.15, -0.1) is 0 Å². The van der Waals surface area contributed by atoms with Gasteiger partial charge in [-0.3, -0.25) is 4.40 Å². The topological polar surface area (TPSA) is 62.5 Å². The van der Waals surface area contributed by atoms with E-state index in [9.17, 15) is 5.11 Å². The van der Waals surface area contributed by atoms with E-state index < -0.39 is 0 Å². The average molecular weight is 302 g/mol. The van der Waals surface area contributed by atoms with E-state index in [-0.39, 0.29) is 5.75 Å². The Morgan fingerprint density at radius 2 is 1.74 bits per heavy atom. The normalized spacial score (nSPS) is 10.8. The Kier molecular flexibility index (Phi) is 3.16. The average Bonchev–Trinajstić information content (AvgIpc) is 2.95. The van der Waals surface area contributed by atoms with Gasteiger partial charge in [-0.25, -0.2) is 9.97 Å². The molecule has 0 spiro atoms. The SMILES string of the molecule is Oc1ccc(-c2nc3ccccn3c2Nc2ccccn2)cc1. The summed E-state index contributed by atoms with van der Waals surface area (Å²) in [4.78, 5) is 9.02. The number of fused-ring (bicyclic) bond motifs is 1. The van der Waals surface area contributed by atoms with Gasteiger partial charge in [-0.1, -0.05) is 12.1 Å². The van der Waals surface area contributed by atoms with Crippen LogP contribution in [0.2, 0.25) is 0 Å². The van der Waals surface area contributed by atoms with E-state index in [1.54, 1.807) is 18.3 Å². The molecular formula is C18H14N4O. The zero-order valence-electron chi connectivity index (χ0n) is 12.2. The van der Waals surface area contributed by atoms with Crippen molar-refractivity contribution in [2.75, 3.05) is 5.32 Å². The molecule has 112 valence electrons. The summed E-state index contributed by atoms with van der Waals surface area (Å²) in [7, 11) is 0. The van der Waals surface area contributed by atoms with Crippen LogP contribution in [0.4, 0.5) is 11.6 Å². The number of rotatable bonds is 3. The third kappa shape index (κ3) is 2.48. The number of imidazole rings is 1. The number of nitrogens with zero attached hydrogens (tertiary/aromatic N) is 3. The van der Waals surface area contributed by atoms with Crippen molar-refractivity contribution in [3.63, 3.8) is 0 Å². The molecule has 2 N–H and O–H groups in total. The first-order valence-electron chi connectivity index (χ1n) is 7.26. The van der Waals surface area contributed by atoms with Gasteiger partial charge in [-0.2, -0.15) is 0 Å². The third-order valence-corrected chi connectivity index (χ3v) is 3.58. The van der Waals surface area contributed by atoms with Crippen LogP contribution in [0.25, 0.3) is 16.9 Å². The van der Waals surface area contributed by atoms with Gasteiger partial charge in [0.2, 0.25) is 0 Å². The van der Waals surface area contributed by atoms with E-state index in [2.05, 4.69) is 10.3 Å². The number of phenolic OH excluding ortho intramolecular Hbond substituents is 1. The number of aromatic nitrogens is 3. The molecule has 0 aliphatic carbocycles. The Balaban J connectivity index is 1.89. The molecule has 0 aliphatic rings. The third-order valence-electron chi connectivity index (χ3n) is 3.58. The molecular weight excluding hydrogens is 288 g/mol. The minimum atomic E-state index is 0.233. The predicted molar refractivity (Wildman–Crippen MR) is 89.8 cm³/mol. The zero-order chi connectivity index (χ0) is 15.6. The molecule has 4 aromatic rings. The number of hydrogen-bond donors (Lipinski definition) is 2. The first kappa shape index (κ1) is 13.3. The second-order valence-corrected chi connectivity index (χ2v) is 5.12. The van der Waals surface area contributed by atoms with Crippen molar-refractivity contribution >= 4 is 17.3 Å². The van der Waals surface area contributed by atoms with Crippen molar-refractivity contribution in [1.82, 2.24) is 14.4 Å². The molecule has 5 heteroatoms. The fraction of sp³-hybridized carbons (Fsp3) is 0. The van der Waals surface area contributed by atoms with Crippen LogP contribution in [0.1, 0.15) is 0 Å². The van der Waals surface area contributed by atoms with Crippen molar-refractivity contribution in [2.45, 2.75) is 0 Å². The minimum absolute atomic E-state index is 0.233. The summed E-state index contributed by atoms with van der Waals surface area (Å²) >= 11 is 0. The summed E-state index contributed by atoms with van der Waals surface area (Å²) in [5.41, 5.74) is 2.57. The highest BCUT2D eigenvalue weighted by atomic mass is 16.3. The first-order valence-corrected chi connectivity index (χ1v) is 7.26. The molecule has 0 aliphatic heterocycles. The lowest BCUT2D eigenvalue weighted by atomic mass is 10.1. The molecule has 4 rings (SSSR count). The van der Waals surface area contributed by atoms with Crippen molar-refractivity contribution in [3.05, 3.63) is 73.1 Å². The maximum absolute atomic E-state index is 9.50. The van der Waals surface area contributed by atoms with Crippen LogP contribution in [0.3, 0.4) is 0 Å². The van der Waals surface area contributed by atoms with E-state index in [1.165, 1.54) is 0 Å². The van der Waals surface area contributed by atoms with Gasteiger partial charge in [0, 0.05) is 18.0 Å². The molecule has 5 nitrogen and oxygen atoms in total. The van der Waals surface area contributed by atoms with Crippen LogP contribution in [0, 0.1) is 0 Å². The molecule has 0 unspecified atom stereocenters. The van der Waals surface area contributed by atoms with Crippen LogP contribution in [0.15, 0.2) is 73.1 Å². The number of anilines is 2. The molecule has 1 aromatic carbocycles. The van der Waals surface area contributed by atoms with E-state index in [4.69, 9.17) is 4.98 Å². The van der Waals surface area contributed by atoms with E-state index in [0.29, 0.717) is 0 Å². The molecule has 0 amide bonds. The monoisotopic (exact) mass is 302 g/mol. The van der Waals surface area contributed by atoms with Gasteiger partial charge in [0.25, 0.3) is 0 Å². The Morgan fingerprint density at radius 1 is 0.913 bits per heavy atom. The summed E-state index contributed by atoms with van der Waals surface area (Å²) in [6, 6.07) is 18.6. The minimum Gasteiger partial charge on any atom is -0.508 e. The van der Waals surface area contributed by atoms with Crippen LogP contribution < -0.4 is 5.32 Å². The predicted octanol–water partition coefficient (Wildman–Crippen LogP) is 3.85. The maximum Gasteiger partial charge on any atom is 0.144 e. The van der Waals surface area contributed by atoms with Crippen LogP contribution in [0.5, 0.6) is 5.75 Å². The summed E-state index contributed by atoms with van der Waals surface area (Å²) in [6.07, 6.45) is 3.70. The molecule has 3 aromatic heterocycles. The second kappa shape index (κ2) is 5.46. The summed E-state index contributed by atoms with van der Waals surface area (Å²) in [5.74, 6) is 1.82. The first-order chi connectivity index (χ1) is 11.3. The summed E-state index contributed by atoms with van der Waals surface area (Å²) in [6.45, 7) is 0. The maximum atomic E-state index is 9.50. The van der Waals surface area contributed by atoms with Gasteiger partial charge in [0.05, 0.1) is 0 Å². The highest BCUT2D eigenvalue weighted by Gasteiger charge is 2.14. The zero-order valence-corrected chi connectivity index (χ0v) is 12.2. The standard InChI is InChI=1S/C18H14N4O/c23-14-9-7-13(8-10-14)17-18(20-15-5-1-3-11-19-15)22-12-4-2-6-16(22)21-17/h1-12,23H,(H,19,20). The van der Waals surface area contributed by atoms with E-state index >= 15 is 0 Å². The van der Waals surface area contributed by atoms with Gasteiger partial charge < -0.3 is 10.4 Å². The number of pyridine rings is 2. The fourth-order valence-corrected chi connectivity index (χ4v) is 2.49. The van der Waals surface area contributed by atoms with Crippen LogP contribution >= 0.6 is 0 Å². The van der Waals surface area contributed by atoms with E-state index in [1.807, 2.05) is 59.1 Å². The molecule has 0 saturated heterocycles. The number of benzene rings is 1.